The van der Waals surface area contributed by atoms with E-state index in [0.29, 0.717) is 18.8 Å². The molecule has 37 heavy (non-hydrogen) atoms. The third-order valence-electron chi connectivity index (χ3n) is 7.67. The van der Waals surface area contributed by atoms with Crippen LogP contribution in [0, 0.1) is 11.8 Å². The molecule has 2 aromatic carbocycles. The molecule has 4 atom stereocenters. The van der Waals surface area contributed by atoms with Crippen molar-refractivity contribution in [2.45, 2.75) is 69.4 Å². The molecular formula is C28H34F3N3O3. The highest BCUT2D eigenvalue weighted by atomic mass is 19.4. The monoisotopic (exact) mass is 517 g/mol. The van der Waals surface area contributed by atoms with Crippen molar-refractivity contribution in [1.82, 2.24) is 5.32 Å². The van der Waals surface area contributed by atoms with Gasteiger partial charge in [-0.15, -0.1) is 10.2 Å². The number of methoxy groups -OCH3 is 2. The summed E-state index contributed by atoms with van der Waals surface area (Å²) < 4.78 is 50.6. The largest absolute Gasteiger partial charge is 0.497 e. The third-order valence-corrected chi connectivity index (χ3v) is 7.67. The molecule has 200 valence electrons. The molecule has 1 fully saturated rings. The van der Waals surface area contributed by atoms with Gasteiger partial charge in [0.1, 0.15) is 5.75 Å². The molecule has 2 aliphatic rings. The topological polar surface area (TPSA) is 72.3 Å². The van der Waals surface area contributed by atoms with Crippen LogP contribution in [0.25, 0.3) is 0 Å². The van der Waals surface area contributed by atoms with Crippen molar-refractivity contribution in [3.8, 4) is 5.75 Å². The minimum atomic E-state index is -4.55. The molecule has 1 saturated carbocycles. The smallest absolute Gasteiger partial charge is 0.442 e. The summed E-state index contributed by atoms with van der Waals surface area (Å²) in [4.78, 5) is 11.9. The van der Waals surface area contributed by atoms with E-state index in [0.717, 1.165) is 37.0 Å². The van der Waals surface area contributed by atoms with E-state index in [-0.39, 0.29) is 29.5 Å². The average Bonchev–Trinajstić information content (AvgIpc) is 3.71. The van der Waals surface area contributed by atoms with Gasteiger partial charge in [0, 0.05) is 24.1 Å². The quantitative estimate of drug-likeness (QED) is 0.365. The van der Waals surface area contributed by atoms with Crippen molar-refractivity contribution < 1.29 is 27.4 Å². The lowest BCUT2D eigenvalue weighted by Crippen LogP contribution is -2.42. The van der Waals surface area contributed by atoms with Crippen molar-refractivity contribution in [1.29, 1.82) is 0 Å². The number of nitrogens with one attached hydrogen (secondary N) is 1. The van der Waals surface area contributed by atoms with Crippen molar-refractivity contribution in [3.63, 3.8) is 0 Å². The number of carbonyl (C=O) groups is 1. The lowest BCUT2D eigenvalue weighted by atomic mass is 9.73. The van der Waals surface area contributed by atoms with E-state index in [2.05, 4.69) is 27.7 Å². The van der Waals surface area contributed by atoms with Gasteiger partial charge in [0.25, 0.3) is 0 Å². The molecule has 0 saturated heterocycles. The van der Waals surface area contributed by atoms with Gasteiger partial charge in [0.05, 0.1) is 14.2 Å². The number of alkyl halides is 3. The number of hydrogen-bond donors (Lipinski definition) is 1. The Bertz CT molecular complexity index is 1100. The van der Waals surface area contributed by atoms with Crippen LogP contribution in [0.3, 0.4) is 0 Å². The van der Waals surface area contributed by atoms with Gasteiger partial charge < -0.3 is 14.8 Å². The highest BCUT2D eigenvalue weighted by Crippen LogP contribution is 2.52. The molecule has 9 heteroatoms. The van der Waals surface area contributed by atoms with E-state index < -0.39 is 11.8 Å². The summed E-state index contributed by atoms with van der Waals surface area (Å²) in [6, 6.07) is 14.5. The first-order valence-electron chi connectivity index (χ1n) is 12.7. The molecule has 1 aliphatic carbocycles. The summed E-state index contributed by atoms with van der Waals surface area (Å²) in [5.74, 6) is 1.33. The number of rotatable bonds is 10. The molecule has 0 amide bonds. The molecule has 0 unspecified atom stereocenters. The van der Waals surface area contributed by atoms with E-state index in [1.54, 1.807) is 19.2 Å². The molecule has 0 radical (unpaired) electrons. The van der Waals surface area contributed by atoms with Crippen LogP contribution in [-0.2, 0) is 21.6 Å². The normalized spacial score (nSPS) is 23.4. The van der Waals surface area contributed by atoms with Gasteiger partial charge in [-0.3, -0.25) is 4.79 Å². The van der Waals surface area contributed by atoms with Crippen molar-refractivity contribution in [3.05, 3.63) is 65.2 Å². The number of ether oxygens (including phenoxy) is 2. The summed E-state index contributed by atoms with van der Waals surface area (Å²) in [5, 5.41) is 10.3. The van der Waals surface area contributed by atoms with E-state index in [1.165, 1.54) is 18.7 Å². The average molecular weight is 518 g/mol. The Morgan fingerprint density at radius 1 is 1.14 bits per heavy atom. The minimum absolute atomic E-state index is 0.0385. The second kappa shape index (κ2) is 11.2. The fraction of sp³-hybridized carbons (Fsp3) is 0.536. The maximum Gasteiger partial charge on any atom is 0.442 e. The van der Waals surface area contributed by atoms with Gasteiger partial charge in [0.2, 0.25) is 0 Å². The fourth-order valence-corrected chi connectivity index (χ4v) is 5.47. The van der Waals surface area contributed by atoms with E-state index in [9.17, 15) is 18.0 Å². The first-order valence-corrected chi connectivity index (χ1v) is 12.7. The van der Waals surface area contributed by atoms with Crippen LogP contribution < -0.4 is 10.1 Å². The Kier molecular flexibility index (Phi) is 8.21. The van der Waals surface area contributed by atoms with Crippen molar-refractivity contribution in [2.24, 2.45) is 22.1 Å². The number of nitrogens with zero attached hydrogens (tertiary/aromatic N) is 2. The maximum absolute atomic E-state index is 13.5. The molecule has 1 N–H and O–H groups in total. The molecule has 6 nitrogen and oxygen atoms in total. The number of carbonyl (C=O) groups excluding carboxylic acids is 1. The predicted octanol–water partition coefficient (Wildman–Crippen LogP) is 6.51. The van der Waals surface area contributed by atoms with Crippen LogP contribution in [0.5, 0.6) is 5.75 Å². The first-order chi connectivity index (χ1) is 17.6. The Balaban J connectivity index is 1.43. The Hall–Kier alpha value is -2.94. The van der Waals surface area contributed by atoms with Gasteiger partial charge in [-0.2, -0.15) is 13.2 Å². The van der Waals surface area contributed by atoms with Crippen molar-refractivity contribution >= 4 is 5.97 Å². The van der Waals surface area contributed by atoms with E-state index in [1.807, 2.05) is 25.1 Å². The zero-order valence-corrected chi connectivity index (χ0v) is 21.4. The molecule has 4 rings (SSSR count). The van der Waals surface area contributed by atoms with Crippen LogP contribution in [0.1, 0.15) is 61.8 Å². The van der Waals surface area contributed by atoms with Crippen LogP contribution in [0.4, 0.5) is 13.2 Å². The molecule has 1 aliphatic heterocycles. The summed E-state index contributed by atoms with van der Waals surface area (Å²) in [6.45, 7) is 1.96. The molecule has 0 spiro atoms. The highest BCUT2D eigenvalue weighted by Gasteiger charge is 2.65. The number of esters is 1. The van der Waals surface area contributed by atoms with Crippen LogP contribution in [-0.4, -0.2) is 32.4 Å². The molecular weight excluding hydrogens is 483 g/mol. The molecule has 0 aromatic heterocycles. The Morgan fingerprint density at radius 2 is 1.86 bits per heavy atom. The number of hydrogen-bond acceptors (Lipinski definition) is 6. The first kappa shape index (κ1) is 27.1. The number of halogens is 3. The second-order valence-electron chi connectivity index (χ2n) is 10.1. The highest BCUT2D eigenvalue weighted by molar-refractivity contribution is 5.69. The standard InChI is InChI=1S/C28H34F3N3O3/c1-18(21-5-4-6-23(17-21)27(33-34-27)28(29,30)31)32-25-13-9-20(16-22(25)10-14-26(35)37-3)15-19-7-11-24(36-2)12-8-19/h4-8,11-12,17-18,20,22,25,32H,9-10,13-16H2,1-3H3/t18-,20-,22+,25-/m1/s1. The Labute approximate surface area is 215 Å². The maximum atomic E-state index is 13.5. The van der Waals surface area contributed by atoms with Crippen molar-refractivity contribution in [2.75, 3.05) is 14.2 Å². The summed E-state index contributed by atoms with van der Waals surface area (Å²) in [5.41, 5.74) is -0.378. The zero-order valence-electron chi connectivity index (χ0n) is 21.4. The zero-order chi connectivity index (χ0) is 26.6. The fourth-order valence-electron chi connectivity index (χ4n) is 5.47. The van der Waals surface area contributed by atoms with Crippen LogP contribution in [0.2, 0.25) is 0 Å². The molecule has 2 aromatic rings. The third kappa shape index (κ3) is 6.32. The lowest BCUT2D eigenvalue weighted by molar-refractivity contribution is -0.166. The predicted molar refractivity (Wildman–Crippen MR) is 133 cm³/mol. The van der Waals surface area contributed by atoms with Crippen LogP contribution >= 0.6 is 0 Å². The summed E-state index contributed by atoms with van der Waals surface area (Å²) >= 11 is 0. The molecule has 0 bridgehead atoms. The number of benzene rings is 2. The molecule has 1 heterocycles. The van der Waals surface area contributed by atoms with Gasteiger partial charge in [0.15, 0.2) is 0 Å². The summed E-state index contributed by atoms with van der Waals surface area (Å²) in [6.07, 6.45) is 0.357. The van der Waals surface area contributed by atoms with E-state index >= 15 is 0 Å². The SMILES string of the molecule is COC(=O)CC[C@H]1C[C@@H](Cc2ccc(OC)cc2)CC[C@H]1N[C@H](C)c1cccc(C2(C(F)(F)F)N=N2)c1. The van der Waals surface area contributed by atoms with E-state index in [4.69, 9.17) is 9.47 Å². The van der Waals surface area contributed by atoms with Crippen LogP contribution in [0.15, 0.2) is 58.8 Å². The van der Waals surface area contributed by atoms with Gasteiger partial charge in [-0.1, -0.05) is 30.3 Å². The van der Waals surface area contributed by atoms with Gasteiger partial charge in [-0.05, 0) is 80.2 Å². The van der Waals surface area contributed by atoms with Gasteiger partial charge in [-0.25, -0.2) is 0 Å². The minimum Gasteiger partial charge on any atom is -0.497 e. The Morgan fingerprint density at radius 3 is 2.49 bits per heavy atom. The lowest BCUT2D eigenvalue weighted by Gasteiger charge is -2.38. The second-order valence-corrected chi connectivity index (χ2v) is 10.1. The van der Waals surface area contributed by atoms with Gasteiger partial charge >= 0.3 is 17.8 Å². The summed E-state index contributed by atoms with van der Waals surface area (Å²) in [7, 11) is 3.05.